The highest BCUT2D eigenvalue weighted by Crippen LogP contribution is 2.32. The molecule has 1 aromatic rings. The second-order valence-corrected chi connectivity index (χ2v) is 4.06. The first-order chi connectivity index (χ1) is 7.27. The van der Waals surface area contributed by atoms with Gasteiger partial charge in [-0.1, -0.05) is 6.07 Å². The smallest absolute Gasteiger partial charge is 0.228 e. The van der Waals surface area contributed by atoms with Crippen molar-refractivity contribution in [1.82, 2.24) is 4.98 Å². The molecule has 2 heterocycles. The molecular weight excluding hydrogens is 188 g/mol. The molecule has 15 heavy (non-hydrogen) atoms. The van der Waals surface area contributed by atoms with E-state index in [0.717, 1.165) is 24.4 Å². The van der Waals surface area contributed by atoms with E-state index in [0.29, 0.717) is 13.2 Å². The Morgan fingerprint density at radius 3 is 3.07 bits per heavy atom. The van der Waals surface area contributed by atoms with Crippen LogP contribution in [0.25, 0.3) is 4.85 Å². The third-order valence-electron chi connectivity index (χ3n) is 2.92. The van der Waals surface area contributed by atoms with Crippen molar-refractivity contribution in [1.29, 1.82) is 0 Å². The van der Waals surface area contributed by atoms with E-state index in [9.17, 15) is 0 Å². The fourth-order valence-corrected chi connectivity index (χ4v) is 2.00. The van der Waals surface area contributed by atoms with Gasteiger partial charge in [0.2, 0.25) is 6.54 Å². The number of aromatic nitrogens is 1. The highest BCUT2D eigenvalue weighted by Gasteiger charge is 2.41. The minimum atomic E-state index is -0.159. The summed E-state index contributed by atoms with van der Waals surface area (Å²) in [5.74, 6) is 0. The van der Waals surface area contributed by atoms with Crippen LogP contribution in [0.3, 0.4) is 0 Å². The lowest BCUT2D eigenvalue weighted by atomic mass is 9.83. The third kappa shape index (κ3) is 1.86. The molecule has 1 atom stereocenters. The minimum Gasteiger partial charge on any atom is -0.380 e. The van der Waals surface area contributed by atoms with Crippen molar-refractivity contribution in [3.05, 3.63) is 41.0 Å². The Morgan fingerprint density at radius 2 is 2.47 bits per heavy atom. The minimum absolute atomic E-state index is 0.159. The molecule has 1 fully saturated rings. The van der Waals surface area contributed by atoms with Gasteiger partial charge in [0.15, 0.2) is 0 Å². The molecule has 0 amide bonds. The van der Waals surface area contributed by atoms with E-state index < -0.39 is 0 Å². The molecule has 1 saturated heterocycles. The van der Waals surface area contributed by atoms with Gasteiger partial charge in [-0.15, -0.1) is 0 Å². The second-order valence-electron chi connectivity index (χ2n) is 4.06. The summed E-state index contributed by atoms with van der Waals surface area (Å²) in [7, 11) is 0. The van der Waals surface area contributed by atoms with Gasteiger partial charge in [-0.2, -0.15) is 0 Å². The first-order valence-electron chi connectivity index (χ1n) is 5.12. The monoisotopic (exact) mass is 202 g/mol. The van der Waals surface area contributed by atoms with Crippen LogP contribution in [0.4, 0.5) is 0 Å². The van der Waals surface area contributed by atoms with Crippen LogP contribution in [0.15, 0.2) is 18.2 Å². The maximum atomic E-state index is 7.04. The average molecular weight is 202 g/mol. The normalized spacial score (nSPS) is 25.1. The molecule has 3 heteroatoms. The highest BCUT2D eigenvalue weighted by atomic mass is 16.5. The molecule has 2 rings (SSSR count). The van der Waals surface area contributed by atoms with Crippen LogP contribution >= 0.6 is 0 Å². The molecule has 3 nitrogen and oxygen atoms in total. The van der Waals surface area contributed by atoms with Crippen LogP contribution in [0.2, 0.25) is 0 Å². The molecule has 0 aliphatic carbocycles. The summed E-state index contributed by atoms with van der Waals surface area (Å²) in [6, 6.07) is 5.99. The fraction of sp³-hybridized carbons (Fsp3) is 0.500. The van der Waals surface area contributed by atoms with E-state index in [4.69, 9.17) is 11.3 Å². The molecule has 0 radical (unpaired) electrons. The Labute approximate surface area is 89.9 Å². The molecule has 0 N–H and O–H groups in total. The van der Waals surface area contributed by atoms with E-state index >= 15 is 0 Å². The van der Waals surface area contributed by atoms with Gasteiger partial charge in [0.25, 0.3) is 0 Å². The predicted molar refractivity (Wildman–Crippen MR) is 57.6 cm³/mol. The molecule has 1 unspecified atom stereocenters. The first-order valence-corrected chi connectivity index (χ1v) is 5.12. The molecule has 0 saturated carbocycles. The van der Waals surface area contributed by atoms with Crippen molar-refractivity contribution in [2.24, 2.45) is 0 Å². The summed E-state index contributed by atoms with van der Waals surface area (Å²) >= 11 is 0. The molecule has 1 aliphatic heterocycles. The predicted octanol–water partition coefficient (Wildman–Crippen LogP) is 1.97. The van der Waals surface area contributed by atoms with Gasteiger partial charge >= 0.3 is 0 Å². The molecule has 1 aliphatic rings. The van der Waals surface area contributed by atoms with Gasteiger partial charge in [0.1, 0.15) is 5.41 Å². The van der Waals surface area contributed by atoms with Gasteiger partial charge in [0, 0.05) is 12.3 Å². The van der Waals surface area contributed by atoms with Crippen LogP contribution < -0.4 is 0 Å². The van der Waals surface area contributed by atoms with Crippen molar-refractivity contribution in [2.45, 2.75) is 18.8 Å². The lowest BCUT2D eigenvalue weighted by Crippen LogP contribution is -2.30. The first kappa shape index (κ1) is 10.1. The van der Waals surface area contributed by atoms with Crippen LogP contribution in [0.5, 0.6) is 0 Å². The van der Waals surface area contributed by atoms with E-state index in [2.05, 4.69) is 9.83 Å². The van der Waals surface area contributed by atoms with Gasteiger partial charge in [-0.05, 0) is 25.5 Å². The maximum Gasteiger partial charge on any atom is 0.228 e. The largest absolute Gasteiger partial charge is 0.380 e. The lowest BCUT2D eigenvalue weighted by molar-refractivity contribution is 0.179. The quantitative estimate of drug-likeness (QED) is 0.685. The fourth-order valence-electron chi connectivity index (χ4n) is 2.00. The van der Waals surface area contributed by atoms with Crippen molar-refractivity contribution in [3.8, 4) is 0 Å². The van der Waals surface area contributed by atoms with Crippen LogP contribution in [-0.4, -0.2) is 24.7 Å². The summed E-state index contributed by atoms with van der Waals surface area (Å²) in [5, 5.41) is 0. The van der Waals surface area contributed by atoms with Gasteiger partial charge < -0.3 is 9.58 Å². The maximum absolute atomic E-state index is 7.04. The average Bonchev–Trinajstić information content (AvgIpc) is 2.68. The zero-order chi connectivity index (χ0) is 10.7. The lowest BCUT2D eigenvalue weighted by Gasteiger charge is -2.20. The third-order valence-corrected chi connectivity index (χ3v) is 2.92. The Kier molecular flexibility index (Phi) is 2.70. The number of aryl methyl sites for hydroxylation is 1. The summed E-state index contributed by atoms with van der Waals surface area (Å²) in [5.41, 5.74) is 1.85. The molecule has 0 spiro atoms. The second kappa shape index (κ2) is 4.00. The summed E-state index contributed by atoms with van der Waals surface area (Å²) in [4.78, 5) is 8.05. The molecule has 1 aromatic heterocycles. The number of ether oxygens (including phenoxy) is 1. The van der Waals surface area contributed by atoms with Crippen LogP contribution in [0.1, 0.15) is 17.8 Å². The van der Waals surface area contributed by atoms with Crippen molar-refractivity contribution >= 4 is 0 Å². The zero-order valence-electron chi connectivity index (χ0n) is 8.86. The Bertz CT molecular complexity index is 389. The highest BCUT2D eigenvalue weighted by molar-refractivity contribution is 5.23. The molecule has 0 bridgehead atoms. The molecular formula is C12H14N2O. The Morgan fingerprint density at radius 1 is 1.60 bits per heavy atom. The van der Waals surface area contributed by atoms with Crippen molar-refractivity contribution in [3.63, 3.8) is 0 Å². The van der Waals surface area contributed by atoms with E-state index in [1.54, 1.807) is 0 Å². The van der Waals surface area contributed by atoms with Gasteiger partial charge in [-0.25, -0.2) is 6.57 Å². The summed E-state index contributed by atoms with van der Waals surface area (Å²) < 4.78 is 5.42. The van der Waals surface area contributed by atoms with Crippen molar-refractivity contribution < 1.29 is 4.74 Å². The van der Waals surface area contributed by atoms with Gasteiger partial charge in [-0.3, -0.25) is 4.98 Å². The Balaban J connectivity index is 2.37. The van der Waals surface area contributed by atoms with E-state index in [1.807, 2.05) is 25.1 Å². The number of hydrogen-bond acceptors (Lipinski definition) is 2. The number of rotatable bonds is 2. The van der Waals surface area contributed by atoms with Crippen LogP contribution in [0, 0.1) is 13.5 Å². The van der Waals surface area contributed by atoms with E-state index in [-0.39, 0.29) is 5.41 Å². The molecule has 0 aromatic carbocycles. The molecule has 78 valence electrons. The standard InChI is InChI=1S/C12H14N2O/c1-10-4-3-5-11(14-10)12(8-13-2)6-7-15-9-12/h3-5H,6-9H2,1H3. The number of pyridine rings is 1. The van der Waals surface area contributed by atoms with E-state index in [1.165, 1.54) is 0 Å². The SMILES string of the molecule is [C-]#[N+]CC1(c2cccc(C)n2)CCOC1. The number of hydrogen-bond donors (Lipinski definition) is 0. The zero-order valence-corrected chi connectivity index (χ0v) is 8.86. The topological polar surface area (TPSA) is 26.5 Å². The summed E-state index contributed by atoms with van der Waals surface area (Å²) in [6.07, 6.45) is 0.909. The van der Waals surface area contributed by atoms with Crippen LogP contribution in [-0.2, 0) is 10.2 Å². The van der Waals surface area contributed by atoms with Crippen molar-refractivity contribution in [2.75, 3.05) is 19.8 Å². The Hall–Kier alpha value is -1.40. The summed E-state index contributed by atoms with van der Waals surface area (Å²) in [6.45, 7) is 10.9. The van der Waals surface area contributed by atoms with Gasteiger partial charge in [0.05, 0.1) is 12.3 Å². The number of nitrogens with zero attached hydrogens (tertiary/aromatic N) is 2.